The second-order valence-corrected chi connectivity index (χ2v) is 17.9. The van der Waals surface area contributed by atoms with Gasteiger partial charge in [-0.15, -0.1) is 0 Å². The summed E-state index contributed by atoms with van der Waals surface area (Å²) in [6.07, 6.45) is 2.27. The van der Waals surface area contributed by atoms with Crippen molar-refractivity contribution in [2.45, 2.75) is 11.5 Å². The summed E-state index contributed by atoms with van der Waals surface area (Å²) in [4.78, 5) is 7.83. The molecule has 2 heterocycles. The minimum Gasteiger partial charge on any atom is -0.340 e. The van der Waals surface area contributed by atoms with E-state index in [4.69, 9.17) is 4.99 Å². The average Bonchev–Trinajstić information content (AvgIpc) is 3.71. The monoisotopic (exact) mass is 867 g/mol. The zero-order chi connectivity index (χ0) is 45.0. The molecule has 0 saturated heterocycles. The Hall–Kier alpha value is -8.79. The predicted molar refractivity (Wildman–Crippen MR) is 282 cm³/mol. The summed E-state index contributed by atoms with van der Waals surface area (Å²) in [5.41, 5.74) is 22.3. The van der Waals surface area contributed by atoms with Crippen molar-refractivity contribution in [2.24, 2.45) is 4.99 Å². The molecule has 1 unspecified atom stereocenters. The lowest BCUT2D eigenvalue weighted by Crippen LogP contribution is -2.36. The lowest BCUT2D eigenvalue weighted by molar-refractivity contribution is 0.753. The second kappa shape index (κ2) is 16.3. The van der Waals surface area contributed by atoms with Crippen LogP contribution in [0, 0.1) is 0 Å². The van der Waals surface area contributed by atoms with E-state index >= 15 is 0 Å². The molecule has 0 bridgehead atoms. The molecule has 0 saturated carbocycles. The smallest absolute Gasteiger partial charge is 0.133 e. The number of para-hydroxylation sites is 3. The lowest BCUT2D eigenvalue weighted by atomic mass is 9.64. The van der Waals surface area contributed by atoms with Crippen LogP contribution in [-0.2, 0) is 5.41 Å². The molecule has 3 nitrogen and oxygen atoms in total. The van der Waals surface area contributed by atoms with Crippen molar-refractivity contribution in [2.75, 3.05) is 4.90 Å². The molecule has 1 spiro atoms. The van der Waals surface area contributed by atoms with E-state index < -0.39 is 5.41 Å². The Balaban J connectivity index is 0.895. The number of hydrogen-bond donors (Lipinski definition) is 1. The van der Waals surface area contributed by atoms with Gasteiger partial charge in [0.05, 0.1) is 22.8 Å². The number of amidine groups is 1. The Labute approximate surface area is 397 Å². The molecule has 320 valence electrons. The maximum Gasteiger partial charge on any atom is 0.133 e. The first kappa shape index (κ1) is 39.6. The van der Waals surface area contributed by atoms with Gasteiger partial charge in [-0.2, -0.15) is 0 Å². The summed E-state index contributed by atoms with van der Waals surface area (Å²) < 4.78 is 0. The molecule has 1 aliphatic carbocycles. The molecule has 3 aliphatic rings. The van der Waals surface area contributed by atoms with Gasteiger partial charge in [0.1, 0.15) is 5.84 Å². The van der Waals surface area contributed by atoms with Crippen LogP contribution in [0.2, 0.25) is 0 Å². The molecule has 0 radical (unpaired) electrons. The van der Waals surface area contributed by atoms with Crippen molar-refractivity contribution in [1.82, 2.24) is 5.32 Å². The fourth-order valence-corrected chi connectivity index (χ4v) is 11.1. The first-order chi connectivity index (χ1) is 33.7. The van der Waals surface area contributed by atoms with E-state index in [1.165, 1.54) is 72.6 Å². The van der Waals surface area contributed by atoms with Gasteiger partial charge in [-0.1, -0.05) is 224 Å². The summed E-state index contributed by atoms with van der Waals surface area (Å²) in [6, 6.07) is 92.5. The Morgan fingerprint density at radius 2 is 0.824 bits per heavy atom. The van der Waals surface area contributed by atoms with Gasteiger partial charge >= 0.3 is 0 Å². The van der Waals surface area contributed by atoms with Crippen LogP contribution in [0.25, 0.3) is 50.2 Å². The first-order valence-electron chi connectivity index (χ1n) is 23.5. The highest BCUT2D eigenvalue weighted by molar-refractivity contribution is 6.05. The molecule has 10 aromatic rings. The van der Waals surface area contributed by atoms with Crippen LogP contribution in [0.1, 0.15) is 45.0 Å². The molecule has 2 aliphatic heterocycles. The van der Waals surface area contributed by atoms with Gasteiger partial charge in [0, 0.05) is 16.9 Å². The summed E-state index contributed by atoms with van der Waals surface area (Å²) in [5, 5.41) is 3.70. The number of rotatable bonds is 7. The number of benzene rings is 10. The molecule has 1 atom stereocenters. The summed E-state index contributed by atoms with van der Waals surface area (Å²) >= 11 is 0. The third-order valence-electron chi connectivity index (χ3n) is 14.2. The highest BCUT2D eigenvalue weighted by Gasteiger charge is 2.51. The van der Waals surface area contributed by atoms with Crippen LogP contribution in [0.5, 0.6) is 0 Å². The molecule has 10 aromatic carbocycles. The number of nitrogens with one attached hydrogen (secondary N) is 1. The fourth-order valence-electron chi connectivity index (χ4n) is 11.1. The van der Waals surface area contributed by atoms with Crippen molar-refractivity contribution < 1.29 is 0 Å². The Kier molecular flexibility index (Phi) is 9.47. The molecule has 0 amide bonds. The van der Waals surface area contributed by atoms with Crippen molar-refractivity contribution in [3.05, 3.63) is 300 Å². The maximum absolute atomic E-state index is 5.39. The van der Waals surface area contributed by atoms with Crippen LogP contribution in [0.4, 0.5) is 17.1 Å². The molecule has 0 aromatic heterocycles. The molecular formula is C65H45N3. The van der Waals surface area contributed by atoms with Crippen molar-refractivity contribution >= 4 is 28.6 Å². The zero-order valence-electron chi connectivity index (χ0n) is 37.3. The quantitative estimate of drug-likeness (QED) is 0.173. The third kappa shape index (κ3) is 6.39. The summed E-state index contributed by atoms with van der Waals surface area (Å²) in [5.74, 6) is 0.859. The Bertz CT molecular complexity index is 3530. The Morgan fingerprint density at radius 1 is 0.353 bits per heavy atom. The van der Waals surface area contributed by atoms with Gasteiger partial charge in [-0.3, -0.25) is 4.99 Å². The van der Waals surface area contributed by atoms with Crippen LogP contribution >= 0.6 is 0 Å². The highest BCUT2D eigenvalue weighted by atomic mass is 15.2. The highest BCUT2D eigenvalue weighted by Crippen LogP contribution is 2.63. The van der Waals surface area contributed by atoms with Gasteiger partial charge in [-0.05, 0) is 114 Å². The van der Waals surface area contributed by atoms with Crippen molar-refractivity contribution in [1.29, 1.82) is 0 Å². The van der Waals surface area contributed by atoms with E-state index in [1.807, 2.05) is 0 Å². The molecule has 68 heavy (non-hydrogen) atoms. The summed E-state index contributed by atoms with van der Waals surface area (Å²) in [7, 11) is 0. The predicted octanol–water partition coefficient (Wildman–Crippen LogP) is 16.0. The largest absolute Gasteiger partial charge is 0.340 e. The normalized spacial score (nSPS) is 15.0. The van der Waals surface area contributed by atoms with E-state index in [2.05, 4.69) is 271 Å². The number of anilines is 3. The van der Waals surface area contributed by atoms with Crippen LogP contribution in [-0.4, -0.2) is 5.84 Å². The van der Waals surface area contributed by atoms with Gasteiger partial charge in [0.15, 0.2) is 0 Å². The van der Waals surface area contributed by atoms with E-state index in [9.17, 15) is 0 Å². The number of nitrogens with zero attached hydrogens (tertiary/aromatic N) is 2. The van der Waals surface area contributed by atoms with E-state index in [1.54, 1.807) is 0 Å². The second-order valence-electron chi connectivity index (χ2n) is 17.9. The van der Waals surface area contributed by atoms with Crippen molar-refractivity contribution in [3.8, 4) is 44.5 Å². The topological polar surface area (TPSA) is 27.6 Å². The molecule has 13 rings (SSSR count). The summed E-state index contributed by atoms with van der Waals surface area (Å²) in [6.45, 7) is 0. The van der Waals surface area contributed by atoms with Gasteiger partial charge in [-0.25, -0.2) is 0 Å². The molecule has 3 heteroatoms. The molecule has 1 N–H and O–H groups in total. The first-order valence-corrected chi connectivity index (χ1v) is 23.5. The van der Waals surface area contributed by atoms with Crippen molar-refractivity contribution in [3.63, 3.8) is 0 Å². The van der Waals surface area contributed by atoms with E-state index in [-0.39, 0.29) is 6.04 Å². The van der Waals surface area contributed by atoms with Crippen LogP contribution < -0.4 is 10.2 Å². The van der Waals surface area contributed by atoms with Crippen LogP contribution in [0.3, 0.4) is 0 Å². The van der Waals surface area contributed by atoms with E-state index in [0.29, 0.717) is 0 Å². The average molecular weight is 868 g/mol. The molecular weight excluding hydrogens is 823 g/mol. The van der Waals surface area contributed by atoms with Crippen LogP contribution in [0.15, 0.2) is 266 Å². The van der Waals surface area contributed by atoms with E-state index in [0.717, 1.165) is 39.5 Å². The Morgan fingerprint density at radius 3 is 1.50 bits per heavy atom. The number of hydrogen-bond acceptors (Lipinski definition) is 3. The van der Waals surface area contributed by atoms with Gasteiger partial charge < -0.3 is 10.2 Å². The minimum atomic E-state index is -0.510. The minimum absolute atomic E-state index is 0.209. The van der Waals surface area contributed by atoms with Gasteiger partial charge in [0.25, 0.3) is 0 Å². The lowest BCUT2D eigenvalue weighted by Gasteiger charge is -2.45. The maximum atomic E-state index is 5.39. The zero-order valence-corrected chi connectivity index (χ0v) is 37.3. The fraction of sp³-hybridized carbons (Fsp3) is 0.0308. The standard InChI is InChI=1S/C65H45N3/c1-4-18-44(19-5-1)45-34-38-48(39-35-45)60-43-61(67-64(66-60)49-20-6-2-7-21-49)55-26-11-10-24-52(55)47-36-32-46(33-37-47)50-40-41-54-53-25-12-13-27-56(53)65(59(54)42-50)57-28-14-16-30-62(57)68(51-22-8-3-9-23-51)63-31-17-15-29-58(63)65/h1-43,61H,(H,66,67). The molecule has 0 fully saturated rings. The number of aliphatic imine (C=N–C) groups is 1. The SMILES string of the molecule is C1=C(c2ccc(-c3ccccc3)cc2)NC(c2ccccc2)=NC1c1ccccc1-c1ccc(-c2ccc3c(c2)C2(c4ccccc4-3)c3ccccc3N(c3ccccc3)c3ccccc32)cc1. The van der Waals surface area contributed by atoms with Gasteiger partial charge in [0.2, 0.25) is 0 Å². The third-order valence-corrected chi connectivity index (χ3v) is 14.2. The number of fused-ring (bicyclic) bond motifs is 9.